The fraction of sp³-hybridized carbons (Fsp3) is 0.111. The first-order valence-corrected chi connectivity index (χ1v) is 14.7. The normalized spacial score (nSPS) is 11.0. The maximum absolute atomic E-state index is 5.03. The van der Waals surface area contributed by atoms with Gasteiger partial charge in [0.2, 0.25) is 0 Å². The lowest BCUT2D eigenvalue weighted by Gasteiger charge is -2.12. The fourth-order valence-corrected chi connectivity index (χ4v) is 5.23. The Bertz CT molecular complexity index is 2160. The lowest BCUT2D eigenvalue weighted by molar-refractivity contribution is 0.928. The van der Waals surface area contributed by atoms with Gasteiger partial charge in [-0.3, -0.25) is 4.98 Å². The summed E-state index contributed by atoms with van der Waals surface area (Å²) in [6, 6.07) is 27.9. The lowest BCUT2D eigenvalue weighted by atomic mass is 9.99. The van der Waals surface area contributed by atoms with Crippen LogP contribution in [0.15, 0.2) is 97.3 Å². The zero-order chi connectivity index (χ0) is 31.6. The third-order valence-corrected chi connectivity index (χ3v) is 7.23. The van der Waals surface area contributed by atoms with Gasteiger partial charge in [-0.25, -0.2) is 44.9 Å². The molecular weight excluding hydrogens is 572 g/mol. The van der Waals surface area contributed by atoms with Crippen molar-refractivity contribution in [3.8, 4) is 68.1 Å². The molecule has 0 atom stereocenters. The standard InChI is InChI=1S/C36H28N10/c1-21-38-22(2)41-33(40-21)27-11-8-12-28(17-27)34-44-32(26-9-6-5-7-10-26)45-36(46-34)31-19-29(25-13-15-37-16-14-25)18-30(20-31)35-42-23(3)39-24(4)43-35/h5-20H,1-4H3. The molecule has 4 heterocycles. The van der Waals surface area contributed by atoms with E-state index in [4.69, 9.17) is 15.0 Å². The molecule has 0 saturated carbocycles. The van der Waals surface area contributed by atoms with Gasteiger partial charge in [0.15, 0.2) is 29.1 Å². The number of benzene rings is 3. The van der Waals surface area contributed by atoms with Gasteiger partial charge in [-0.05, 0) is 75.2 Å². The van der Waals surface area contributed by atoms with Crippen molar-refractivity contribution >= 4 is 0 Å². The molecule has 0 amide bonds. The average Bonchev–Trinajstić information content (AvgIpc) is 3.08. The number of rotatable bonds is 6. The van der Waals surface area contributed by atoms with Crippen molar-refractivity contribution in [3.05, 3.63) is 121 Å². The second-order valence-corrected chi connectivity index (χ2v) is 10.8. The van der Waals surface area contributed by atoms with Crippen molar-refractivity contribution in [2.24, 2.45) is 0 Å². The molecule has 3 aromatic carbocycles. The Labute approximate surface area is 265 Å². The summed E-state index contributed by atoms with van der Waals surface area (Å²) in [5.41, 5.74) is 6.09. The first kappa shape index (κ1) is 28.6. The highest BCUT2D eigenvalue weighted by atomic mass is 15.0. The summed E-state index contributed by atoms with van der Waals surface area (Å²) in [4.78, 5) is 46.3. The van der Waals surface area contributed by atoms with Crippen LogP contribution in [0.4, 0.5) is 0 Å². The van der Waals surface area contributed by atoms with E-state index in [1.807, 2.05) is 100 Å². The lowest BCUT2D eigenvalue weighted by Crippen LogP contribution is -2.02. The van der Waals surface area contributed by atoms with Gasteiger partial charge < -0.3 is 0 Å². The van der Waals surface area contributed by atoms with Crippen LogP contribution in [0, 0.1) is 27.7 Å². The Morgan fingerprint density at radius 1 is 0.304 bits per heavy atom. The van der Waals surface area contributed by atoms with Crippen molar-refractivity contribution in [2.45, 2.75) is 27.7 Å². The molecule has 0 radical (unpaired) electrons. The Morgan fingerprint density at radius 3 is 1.24 bits per heavy atom. The largest absolute Gasteiger partial charge is 0.265 e. The molecule has 10 nitrogen and oxygen atoms in total. The summed E-state index contributed by atoms with van der Waals surface area (Å²) in [5, 5.41) is 0. The van der Waals surface area contributed by atoms with Gasteiger partial charge in [0.05, 0.1) is 0 Å². The smallest absolute Gasteiger partial charge is 0.164 e. The summed E-state index contributed by atoms with van der Waals surface area (Å²) in [5.74, 6) is 5.39. The number of hydrogen-bond acceptors (Lipinski definition) is 10. The highest BCUT2D eigenvalue weighted by Crippen LogP contribution is 2.32. The average molecular weight is 601 g/mol. The molecular formula is C36H28N10. The van der Waals surface area contributed by atoms with Crippen LogP contribution in [0.2, 0.25) is 0 Å². The third kappa shape index (κ3) is 6.09. The van der Waals surface area contributed by atoms with Gasteiger partial charge in [-0.2, -0.15) is 0 Å². The zero-order valence-corrected chi connectivity index (χ0v) is 25.7. The molecule has 0 unspecified atom stereocenters. The quantitative estimate of drug-likeness (QED) is 0.199. The Kier molecular flexibility index (Phi) is 7.51. The van der Waals surface area contributed by atoms with Gasteiger partial charge in [0, 0.05) is 40.2 Å². The number of hydrogen-bond donors (Lipinski definition) is 0. The van der Waals surface area contributed by atoms with Gasteiger partial charge in [-0.15, -0.1) is 0 Å². The minimum Gasteiger partial charge on any atom is -0.265 e. The molecule has 7 rings (SSSR count). The van der Waals surface area contributed by atoms with Crippen molar-refractivity contribution < 1.29 is 0 Å². The van der Waals surface area contributed by atoms with E-state index in [-0.39, 0.29) is 0 Å². The van der Waals surface area contributed by atoms with Gasteiger partial charge >= 0.3 is 0 Å². The maximum Gasteiger partial charge on any atom is 0.164 e. The number of aromatic nitrogens is 10. The summed E-state index contributed by atoms with van der Waals surface area (Å²) < 4.78 is 0. The van der Waals surface area contributed by atoms with Crippen LogP contribution in [-0.4, -0.2) is 49.8 Å². The van der Waals surface area contributed by atoms with Crippen LogP contribution in [0.5, 0.6) is 0 Å². The Balaban J connectivity index is 1.43. The van der Waals surface area contributed by atoms with Gasteiger partial charge in [-0.1, -0.05) is 48.5 Å². The first-order valence-electron chi connectivity index (χ1n) is 14.7. The second kappa shape index (κ2) is 12.1. The molecule has 0 aliphatic heterocycles. The molecule has 0 aliphatic carbocycles. The predicted octanol–water partition coefficient (Wildman–Crippen LogP) is 6.87. The van der Waals surface area contributed by atoms with Crippen LogP contribution in [0.25, 0.3) is 68.1 Å². The van der Waals surface area contributed by atoms with Crippen LogP contribution in [-0.2, 0) is 0 Å². The zero-order valence-electron chi connectivity index (χ0n) is 25.7. The Morgan fingerprint density at radius 2 is 0.696 bits per heavy atom. The van der Waals surface area contributed by atoms with Crippen molar-refractivity contribution in [2.75, 3.05) is 0 Å². The summed E-state index contributed by atoms with van der Waals surface area (Å²) in [6.07, 6.45) is 3.55. The molecule has 0 fully saturated rings. The molecule has 4 aromatic heterocycles. The SMILES string of the molecule is Cc1nc(C)nc(-c2cccc(-c3nc(-c4ccccc4)nc(-c4cc(-c5ccncc5)cc(-c5nc(C)nc(C)n5)c4)n3)c2)n1. The van der Waals surface area contributed by atoms with E-state index >= 15 is 0 Å². The monoisotopic (exact) mass is 600 g/mol. The molecule has 0 N–H and O–H groups in total. The Hall–Kier alpha value is -6.16. The van der Waals surface area contributed by atoms with Gasteiger partial charge in [0.25, 0.3) is 0 Å². The molecule has 0 bridgehead atoms. The van der Waals surface area contributed by atoms with Crippen LogP contribution >= 0.6 is 0 Å². The molecule has 10 heteroatoms. The number of aryl methyl sites for hydroxylation is 4. The predicted molar refractivity (Wildman–Crippen MR) is 176 cm³/mol. The molecule has 0 saturated heterocycles. The maximum atomic E-state index is 5.03. The van der Waals surface area contributed by atoms with Crippen LogP contribution < -0.4 is 0 Å². The summed E-state index contributed by atoms with van der Waals surface area (Å²) in [6.45, 7) is 7.45. The fourth-order valence-electron chi connectivity index (χ4n) is 5.23. The highest BCUT2D eigenvalue weighted by Gasteiger charge is 2.17. The van der Waals surface area contributed by atoms with E-state index in [9.17, 15) is 0 Å². The van der Waals surface area contributed by atoms with Crippen molar-refractivity contribution in [1.29, 1.82) is 0 Å². The van der Waals surface area contributed by atoms with Crippen molar-refractivity contribution in [1.82, 2.24) is 49.8 Å². The second-order valence-electron chi connectivity index (χ2n) is 10.8. The third-order valence-electron chi connectivity index (χ3n) is 7.23. The van der Waals surface area contributed by atoms with E-state index < -0.39 is 0 Å². The topological polar surface area (TPSA) is 129 Å². The highest BCUT2D eigenvalue weighted by molar-refractivity contribution is 5.78. The summed E-state index contributed by atoms with van der Waals surface area (Å²) in [7, 11) is 0. The van der Waals surface area contributed by atoms with Crippen LogP contribution in [0.1, 0.15) is 23.3 Å². The van der Waals surface area contributed by atoms with Crippen LogP contribution in [0.3, 0.4) is 0 Å². The number of nitrogens with zero attached hydrogens (tertiary/aromatic N) is 10. The minimum atomic E-state index is 0.515. The van der Waals surface area contributed by atoms with E-state index in [1.165, 1.54) is 0 Å². The van der Waals surface area contributed by atoms with Gasteiger partial charge in [0.1, 0.15) is 23.3 Å². The summed E-state index contributed by atoms with van der Waals surface area (Å²) >= 11 is 0. The molecule has 7 aromatic rings. The minimum absolute atomic E-state index is 0.515. The van der Waals surface area contributed by atoms with E-state index in [2.05, 4.69) is 47.0 Å². The molecule has 0 aliphatic rings. The molecule has 46 heavy (non-hydrogen) atoms. The van der Waals surface area contributed by atoms with E-state index in [0.29, 0.717) is 52.4 Å². The molecule has 0 spiro atoms. The van der Waals surface area contributed by atoms with E-state index in [1.54, 1.807) is 12.4 Å². The molecule has 222 valence electrons. The van der Waals surface area contributed by atoms with E-state index in [0.717, 1.165) is 38.9 Å². The first-order chi connectivity index (χ1) is 22.4. The van der Waals surface area contributed by atoms with Crippen molar-refractivity contribution in [3.63, 3.8) is 0 Å². The number of pyridine rings is 1.